The number of nitrogens with zero attached hydrogens (tertiary/aromatic N) is 2. The van der Waals surface area contributed by atoms with Crippen LogP contribution in [-0.2, 0) is 9.53 Å². The molecule has 0 saturated heterocycles. The van der Waals surface area contributed by atoms with E-state index >= 15 is 0 Å². The van der Waals surface area contributed by atoms with Crippen LogP contribution in [0.5, 0.6) is 0 Å². The molecule has 0 amide bonds. The molecule has 0 saturated carbocycles. The zero-order valence-corrected chi connectivity index (χ0v) is 12.2. The van der Waals surface area contributed by atoms with Crippen LogP contribution in [0.15, 0.2) is 53.6 Å². The number of ether oxygens (including phenoxy) is 1. The van der Waals surface area contributed by atoms with Crippen molar-refractivity contribution in [2.24, 2.45) is 5.18 Å². The van der Waals surface area contributed by atoms with Gasteiger partial charge in [-0.2, -0.15) is 0 Å². The molecule has 1 unspecified atom stereocenters. The summed E-state index contributed by atoms with van der Waals surface area (Å²) in [6.07, 6.45) is 5.66. The minimum Gasteiger partial charge on any atom is -0.464 e. The molecule has 1 aliphatic rings. The number of carbonyl (C=O) groups excluding carboxylic acids is 1. The summed E-state index contributed by atoms with van der Waals surface area (Å²) in [6.45, 7) is 4.02. The van der Waals surface area contributed by atoms with Crippen molar-refractivity contribution in [2.45, 2.75) is 26.3 Å². The summed E-state index contributed by atoms with van der Waals surface area (Å²) in [5.74, 6) is -0.347. The fourth-order valence-corrected chi connectivity index (χ4v) is 2.31. The molecule has 1 heterocycles. The van der Waals surface area contributed by atoms with Crippen molar-refractivity contribution in [3.05, 3.63) is 64.5 Å². The molecule has 1 atom stereocenters. The lowest BCUT2D eigenvalue weighted by Gasteiger charge is -2.29. The van der Waals surface area contributed by atoms with Gasteiger partial charge in [0.25, 0.3) is 0 Å². The maximum absolute atomic E-state index is 12.4. The van der Waals surface area contributed by atoms with Gasteiger partial charge >= 0.3 is 5.97 Å². The Morgan fingerprint density at radius 3 is 2.86 bits per heavy atom. The van der Waals surface area contributed by atoms with E-state index in [1.54, 1.807) is 30.3 Å². The van der Waals surface area contributed by atoms with E-state index in [2.05, 4.69) is 5.18 Å². The molecule has 1 aromatic carbocycles. The fraction of sp³-hybridized carbons (Fsp3) is 0.312. The van der Waals surface area contributed by atoms with Gasteiger partial charge in [-0.25, -0.2) is 4.79 Å². The molecular formula is C16H18N2O3. The van der Waals surface area contributed by atoms with Crippen LogP contribution in [0.2, 0.25) is 0 Å². The molecule has 0 radical (unpaired) electrons. The molecule has 1 aliphatic heterocycles. The van der Waals surface area contributed by atoms with Gasteiger partial charge in [-0.15, -0.1) is 4.91 Å². The molecule has 5 nitrogen and oxygen atoms in total. The second-order valence-electron chi connectivity index (χ2n) is 4.76. The highest BCUT2D eigenvalue weighted by atomic mass is 16.5. The van der Waals surface area contributed by atoms with E-state index in [1.165, 1.54) is 0 Å². The van der Waals surface area contributed by atoms with Gasteiger partial charge < -0.3 is 9.64 Å². The van der Waals surface area contributed by atoms with Crippen molar-refractivity contribution in [1.82, 2.24) is 4.90 Å². The van der Waals surface area contributed by atoms with Crippen molar-refractivity contribution >= 4 is 5.97 Å². The molecule has 110 valence electrons. The lowest BCUT2D eigenvalue weighted by Crippen LogP contribution is -2.29. The topological polar surface area (TPSA) is 59.0 Å². The first-order valence-corrected chi connectivity index (χ1v) is 6.87. The SMILES string of the molecule is CCOC(=O)C(c1ccccc1C)N1C=CCC(N=O)=C1. The number of nitroso groups, excluding NO2 is 1. The molecule has 0 aromatic heterocycles. The minimum absolute atomic E-state index is 0.307. The van der Waals surface area contributed by atoms with Gasteiger partial charge in [0.2, 0.25) is 0 Å². The average Bonchev–Trinajstić information content (AvgIpc) is 2.50. The van der Waals surface area contributed by atoms with Gasteiger partial charge in [0.1, 0.15) is 5.70 Å². The molecule has 0 spiro atoms. The summed E-state index contributed by atoms with van der Waals surface area (Å²) in [6, 6.07) is 7.02. The van der Waals surface area contributed by atoms with Crippen molar-refractivity contribution in [2.75, 3.05) is 6.61 Å². The number of benzene rings is 1. The number of rotatable bonds is 5. The predicted molar refractivity (Wildman–Crippen MR) is 80.0 cm³/mol. The molecule has 21 heavy (non-hydrogen) atoms. The maximum atomic E-state index is 12.4. The van der Waals surface area contributed by atoms with E-state index in [9.17, 15) is 9.70 Å². The Kier molecular flexibility index (Phi) is 4.87. The van der Waals surface area contributed by atoms with E-state index < -0.39 is 6.04 Å². The van der Waals surface area contributed by atoms with Crippen LogP contribution in [-0.4, -0.2) is 17.5 Å². The summed E-state index contributed by atoms with van der Waals surface area (Å²) in [5.41, 5.74) is 2.23. The largest absolute Gasteiger partial charge is 0.464 e. The highest BCUT2D eigenvalue weighted by molar-refractivity contribution is 5.78. The third kappa shape index (κ3) is 3.37. The zero-order chi connectivity index (χ0) is 15.2. The Labute approximate surface area is 123 Å². The van der Waals surface area contributed by atoms with E-state index in [4.69, 9.17) is 4.74 Å². The normalized spacial score (nSPS) is 15.3. The van der Waals surface area contributed by atoms with Crippen molar-refractivity contribution in [3.8, 4) is 0 Å². The highest BCUT2D eigenvalue weighted by Gasteiger charge is 2.28. The van der Waals surface area contributed by atoms with E-state index in [-0.39, 0.29) is 5.97 Å². The van der Waals surface area contributed by atoms with Crippen LogP contribution in [0.3, 0.4) is 0 Å². The Morgan fingerprint density at radius 2 is 2.19 bits per heavy atom. The quantitative estimate of drug-likeness (QED) is 0.614. The molecule has 0 bridgehead atoms. The van der Waals surface area contributed by atoms with Crippen LogP contribution in [0.4, 0.5) is 0 Å². The lowest BCUT2D eigenvalue weighted by atomic mass is 9.99. The fourth-order valence-electron chi connectivity index (χ4n) is 2.31. The summed E-state index contributed by atoms with van der Waals surface area (Å²) in [7, 11) is 0. The van der Waals surface area contributed by atoms with Crippen LogP contribution < -0.4 is 0 Å². The Hall–Kier alpha value is -2.43. The van der Waals surface area contributed by atoms with Gasteiger partial charge in [-0.1, -0.05) is 30.3 Å². The van der Waals surface area contributed by atoms with Crippen LogP contribution in [0.25, 0.3) is 0 Å². The van der Waals surface area contributed by atoms with E-state index in [1.807, 2.05) is 31.2 Å². The van der Waals surface area contributed by atoms with Crippen LogP contribution in [0.1, 0.15) is 30.5 Å². The Bertz CT molecular complexity index is 593. The number of allylic oxidation sites excluding steroid dienone is 1. The van der Waals surface area contributed by atoms with Gasteiger partial charge in [0.05, 0.1) is 6.61 Å². The zero-order valence-electron chi connectivity index (χ0n) is 12.2. The molecule has 0 fully saturated rings. The number of aryl methyl sites for hydroxylation is 1. The molecule has 1 aromatic rings. The molecule has 2 rings (SSSR count). The highest BCUT2D eigenvalue weighted by Crippen LogP contribution is 2.29. The van der Waals surface area contributed by atoms with Gasteiger partial charge in [0, 0.05) is 18.8 Å². The summed E-state index contributed by atoms with van der Waals surface area (Å²) < 4.78 is 5.18. The second-order valence-corrected chi connectivity index (χ2v) is 4.76. The van der Waals surface area contributed by atoms with Crippen molar-refractivity contribution in [3.63, 3.8) is 0 Å². The average molecular weight is 286 g/mol. The molecule has 5 heteroatoms. The first-order chi connectivity index (χ1) is 10.2. The molecular weight excluding hydrogens is 268 g/mol. The number of hydrogen-bond donors (Lipinski definition) is 0. The standard InChI is InChI=1S/C16H18N2O3/c1-3-21-16(19)15(14-9-5-4-7-12(14)2)18-10-6-8-13(11-18)17-20/h4-7,9-11,15H,3,8H2,1-2H3. The van der Waals surface area contributed by atoms with Crippen LogP contribution >= 0.6 is 0 Å². The Morgan fingerprint density at radius 1 is 1.43 bits per heavy atom. The van der Waals surface area contributed by atoms with Crippen molar-refractivity contribution in [1.29, 1.82) is 0 Å². The lowest BCUT2D eigenvalue weighted by molar-refractivity contribution is -0.148. The van der Waals surface area contributed by atoms with Gasteiger partial charge in [-0.05, 0) is 30.2 Å². The third-order valence-corrected chi connectivity index (χ3v) is 3.31. The Balaban J connectivity index is 2.42. The summed E-state index contributed by atoms with van der Waals surface area (Å²) in [5, 5.41) is 2.97. The number of carbonyl (C=O) groups is 1. The second kappa shape index (κ2) is 6.83. The predicted octanol–water partition coefficient (Wildman–Crippen LogP) is 3.43. The number of hydrogen-bond acceptors (Lipinski definition) is 5. The number of esters is 1. The van der Waals surface area contributed by atoms with E-state index in [0.29, 0.717) is 18.7 Å². The first kappa shape index (κ1) is 15.0. The van der Waals surface area contributed by atoms with Gasteiger partial charge in [-0.3, -0.25) is 0 Å². The first-order valence-electron chi connectivity index (χ1n) is 6.87. The van der Waals surface area contributed by atoms with Crippen LogP contribution in [0, 0.1) is 11.8 Å². The summed E-state index contributed by atoms with van der Waals surface area (Å²) in [4.78, 5) is 24.8. The summed E-state index contributed by atoms with van der Waals surface area (Å²) >= 11 is 0. The molecule has 0 N–H and O–H groups in total. The molecule has 0 aliphatic carbocycles. The minimum atomic E-state index is -0.612. The smallest absolute Gasteiger partial charge is 0.333 e. The van der Waals surface area contributed by atoms with Crippen molar-refractivity contribution < 1.29 is 9.53 Å². The van der Waals surface area contributed by atoms with Gasteiger partial charge in [0.15, 0.2) is 6.04 Å². The monoisotopic (exact) mass is 286 g/mol. The van der Waals surface area contributed by atoms with E-state index in [0.717, 1.165) is 11.1 Å². The maximum Gasteiger partial charge on any atom is 0.333 e. The third-order valence-electron chi connectivity index (χ3n) is 3.31.